The molecule has 0 aromatic carbocycles. The van der Waals surface area contributed by atoms with Crippen molar-refractivity contribution in [2.24, 2.45) is 0 Å². The van der Waals surface area contributed by atoms with Crippen LogP contribution in [0.25, 0.3) is 0 Å². The summed E-state index contributed by atoms with van der Waals surface area (Å²) in [6.07, 6.45) is 0. The van der Waals surface area contributed by atoms with Gasteiger partial charge in [-0.15, -0.1) is 0 Å². The molecule has 0 spiro atoms. The van der Waals surface area contributed by atoms with Crippen LogP contribution in [0.5, 0.6) is 0 Å². The van der Waals surface area contributed by atoms with Gasteiger partial charge in [0.2, 0.25) is 17.8 Å². The van der Waals surface area contributed by atoms with Crippen LogP contribution >= 0.6 is 0 Å². The third-order valence-corrected chi connectivity index (χ3v) is 3.11. The number of anilines is 3. The van der Waals surface area contributed by atoms with Gasteiger partial charge in [0.1, 0.15) is 0 Å². The van der Waals surface area contributed by atoms with Crippen LogP contribution in [0.3, 0.4) is 0 Å². The molecule has 0 atom stereocenters. The minimum Gasteiger partial charge on any atom is -0.380 e. The molecule has 0 fully saturated rings. The lowest BCUT2D eigenvalue weighted by molar-refractivity contribution is 0.154. The molecule has 120 valence electrons. The molecule has 1 aromatic heterocycles. The van der Waals surface area contributed by atoms with Gasteiger partial charge in [-0.1, -0.05) is 0 Å². The maximum atomic E-state index is 5.38. The Labute approximate surface area is 127 Å². The largest absolute Gasteiger partial charge is 0.380 e. The molecule has 1 aromatic rings. The van der Waals surface area contributed by atoms with Gasteiger partial charge in [0.05, 0.1) is 6.61 Å². The molecule has 0 amide bonds. The fourth-order valence-corrected chi connectivity index (χ4v) is 1.86. The highest BCUT2D eigenvalue weighted by molar-refractivity contribution is 5.44. The zero-order chi connectivity index (χ0) is 15.7. The molecule has 0 saturated heterocycles. The Balaban J connectivity index is 2.95. The third kappa shape index (κ3) is 5.34. The number of aromatic nitrogens is 3. The van der Waals surface area contributed by atoms with E-state index in [1.54, 1.807) is 0 Å². The molecule has 7 heteroatoms. The Hall–Kier alpha value is -1.63. The first kappa shape index (κ1) is 17.4. The Morgan fingerprint density at radius 3 is 2.24 bits per heavy atom. The first-order chi connectivity index (χ1) is 10.2. The number of nitrogens with zero attached hydrogens (tertiary/aromatic N) is 5. The minimum absolute atomic E-state index is 0.618. The van der Waals surface area contributed by atoms with Crippen molar-refractivity contribution in [2.75, 3.05) is 61.6 Å². The first-order valence-corrected chi connectivity index (χ1v) is 7.69. The van der Waals surface area contributed by atoms with Crippen molar-refractivity contribution >= 4 is 17.8 Å². The third-order valence-electron chi connectivity index (χ3n) is 3.11. The quantitative estimate of drug-likeness (QED) is 0.658. The van der Waals surface area contributed by atoms with E-state index >= 15 is 0 Å². The van der Waals surface area contributed by atoms with Gasteiger partial charge in [-0.25, -0.2) is 0 Å². The van der Waals surface area contributed by atoms with Gasteiger partial charge in [0, 0.05) is 39.8 Å². The molecule has 0 aliphatic carbocycles. The van der Waals surface area contributed by atoms with Crippen LogP contribution in [0.2, 0.25) is 0 Å². The van der Waals surface area contributed by atoms with E-state index in [0.717, 1.165) is 32.8 Å². The van der Waals surface area contributed by atoms with Gasteiger partial charge in [-0.3, -0.25) is 0 Å². The molecule has 7 nitrogen and oxygen atoms in total. The average Bonchev–Trinajstić information content (AvgIpc) is 2.49. The van der Waals surface area contributed by atoms with Gasteiger partial charge in [-0.05, 0) is 27.7 Å². The molecule has 1 rings (SSSR count). The van der Waals surface area contributed by atoms with Crippen molar-refractivity contribution in [2.45, 2.75) is 27.7 Å². The molecule has 1 heterocycles. The second-order valence-corrected chi connectivity index (χ2v) is 4.58. The van der Waals surface area contributed by atoms with Crippen LogP contribution in [0.15, 0.2) is 0 Å². The van der Waals surface area contributed by atoms with Crippen molar-refractivity contribution in [3.8, 4) is 0 Å². The van der Waals surface area contributed by atoms with Gasteiger partial charge in [0.15, 0.2) is 0 Å². The van der Waals surface area contributed by atoms with Crippen molar-refractivity contribution in [1.82, 2.24) is 15.0 Å². The van der Waals surface area contributed by atoms with E-state index < -0.39 is 0 Å². The summed E-state index contributed by atoms with van der Waals surface area (Å²) >= 11 is 0. The van der Waals surface area contributed by atoms with Crippen LogP contribution in [0.4, 0.5) is 17.8 Å². The van der Waals surface area contributed by atoms with Crippen molar-refractivity contribution in [3.05, 3.63) is 0 Å². The number of likely N-dealkylation sites (N-methyl/N-ethyl adjacent to an activating group) is 1. The van der Waals surface area contributed by atoms with Crippen molar-refractivity contribution in [1.29, 1.82) is 0 Å². The van der Waals surface area contributed by atoms with Gasteiger partial charge < -0.3 is 19.9 Å². The minimum atomic E-state index is 0.618. The van der Waals surface area contributed by atoms with E-state index in [-0.39, 0.29) is 0 Å². The van der Waals surface area contributed by atoms with E-state index in [9.17, 15) is 0 Å². The zero-order valence-electron chi connectivity index (χ0n) is 13.9. The molecule has 0 unspecified atom stereocenters. The van der Waals surface area contributed by atoms with E-state index in [0.29, 0.717) is 24.5 Å². The summed E-state index contributed by atoms with van der Waals surface area (Å²) in [5, 5.41) is 3.17. The van der Waals surface area contributed by atoms with Crippen LogP contribution in [-0.2, 0) is 4.74 Å². The van der Waals surface area contributed by atoms with Gasteiger partial charge in [0.25, 0.3) is 0 Å². The molecular weight excluding hydrogens is 268 g/mol. The summed E-state index contributed by atoms with van der Waals surface area (Å²) in [5.74, 6) is 2.00. The standard InChI is InChI=1S/C14H28N6O/c1-6-15-12-16-13(19(5)10-11-21-9-4)18-14(17-12)20(7-2)8-3/h6-11H2,1-5H3,(H,15,16,17,18). The van der Waals surface area contributed by atoms with Crippen LogP contribution in [0.1, 0.15) is 27.7 Å². The summed E-state index contributed by atoms with van der Waals surface area (Å²) in [6, 6.07) is 0. The normalized spacial score (nSPS) is 10.5. The topological polar surface area (TPSA) is 66.4 Å². The van der Waals surface area contributed by atoms with Gasteiger partial charge >= 0.3 is 0 Å². The Morgan fingerprint density at radius 2 is 1.67 bits per heavy atom. The number of hydrogen-bond donors (Lipinski definition) is 1. The molecule has 0 aliphatic rings. The maximum Gasteiger partial charge on any atom is 0.231 e. The Bertz CT molecular complexity index is 410. The summed E-state index contributed by atoms with van der Waals surface area (Å²) in [6.45, 7) is 12.9. The van der Waals surface area contributed by atoms with E-state index in [1.165, 1.54) is 0 Å². The second kappa shape index (κ2) is 9.33. The SMILES string of the molecule is CCNc1nc(N(C)CCOCC)nc(N(CC)CC)n1. The highest BCUT2D eigenvalue weighted by atomic mass is 16.5. The van der Waals surface area contributed by atoms with Gasteiger partial charge in [-0.2, -0.15) is 15.0 Å². The molecule has 21 heavy (non-hydrogen) atoms. The number of nitrogens with one attached hydrogen (secondary N) is 1. The number of ether oxygens (including phenoxy) is 1. The monoisotopic (exact) mass is 296 g/mol. The fourth-order valence-electron chi connectivity index (χ4n) is 1.86. The number of hydrogen-bond acceptors (Lipinski definition) is 7. The van der Waals surface area contributed by atoms with Crippen LogP contribution in [0, 0.1) is 0 Å². The van der Waals surface area contributed by atoms with E-state index in [2.05, 4.69) is 39.0 Å². The Morgan fingerprint density at radius 1 is 1.00 bits per heavy atom. The lowest BCUT2D eigenvalue weighted by Crippen LogP contribution is -2.29. The summed E-state index contributed by atoms with van der Waals surface area (Å²) in [4.78, 5) is 17.6. The average molecular weight is 296 g/mol. The van der Waals surface area contributed by atoms with Crippen molar-refractivity contribution < 1.29 is 4.74 Å². The highest BCUT2D eigenvalue weighted by Crippen LogP contribution is 2.15. The lowest BCUT2D eigenvalue weighted by atomic mass is 10.5. The maximum absolute atomic E-state index is 5.38. The number of rotatable bonds is 10. The fraction of sp³-hybridized carbons (Fsp3) is 0.786. The summed E-state index contributed by atoms with van der Waals surface area (Å²) in [7, 11) is 1.97. The summed E-state index contributed by atoms with van der Waals surface area (Å²) < 4.78 is 5.38. The molecule has 0 bridgehead atoms. The smallest absolute Gasteiger partial charge is 0.231 e. The first-order valence-electron chi connectivity index (χ1n) is 7.69. The predicted octanol–water partition coefficient (Wildman–Crippen LogP) is 1.62. The predicted molar refractivity (Wildman–Crippen MR) is 87.3 cm³/mol. The van der Waals surface area contributed by atoms with E-state index in [4.69, 9.17) is 4.74 Å². The molecule has 0 saturated carbocycles. The summed E-state index contributed by atoms with van der Waals surface area (Å²) in [5.41, 5.74) is 0. The zero-order valence-corrected chi connectivity index (χ0v) is 13.9. The molecule has 0 aliphatic heterocycles. The van der Waals surface area contributed by atoms with Crippen LogP contribution in [-0.4, -0.2) is 61.4 Å². The Kier molecular flexibility index (Phi) is 7.74. The van der Waals surface area contributed by atoms with E-state index in [1.807, 2.05) is 25.8 Å². The highest BCUT2D eigenvalue weighted by Gasteiger charge is 2.13. The second-order valence-electron chi connectivity index (χ2n) is 4.58. The molecular formula is C14H28N6O. The van der Waals surface area contributed by atoms with Crippen LogP contribution < -0.4 is 15.1 Å². The lowest BCUT2D eigenvalue weighted by Gasteiger charge is -2.22. The molecule has 0 radical (unpaired) electrons. The molecule has 1 N–H and O–H groups in total. The van der Waals surface area contributed by atoms with Crippen molar-refractivity contribution in [3.63, 3.8) is 0 Å².